The summed E-state index contributed by atoms with van der Waals surface area (Å²) in [5, 5.41) is 0. The average Bonchev–Trinajstić information content (AvgIpc) is 2.60. The monoisotopic (exact) mass is 319 g/mol. The van der Waals surface area contributed by atoms with Crippen LogP contribution in [0.5, 0.6) is 5.75 Å². The fraction of sp³-hybridized carbons (Fsp3) is 0.684. The SMILES string of the molecule is COCC1COCCC12CCN(Cc1ccccc1OC)CC2. The molecule has 2 aliphatic heterocycles. The van der Waals surface area contributed by atoms with Gasteiger partial charge in [-0.3, -0.25) is 4.90 Å². The zero-order valence-corrected chi connectivity index (χ0v) is 14.4. The van der Waals surface area contributed by atoms with Gasteiger partial charge in [-0.25, -0.2) is 0 Å². The molecule has 23 heavy (non-hydrogen) atoms. The van der Waals surface area contributed by atoms with Crippen molar-refractivity contribution < 1.29 is 14.2 Å². The van der Waals surface area contributed by atoms with Crippen LogP contribution in [-0.4, -0.2) is 52.0 Å². The molecule has 2 heterocycles. The Labute approximate surface area is 139 Å². The quantitative estimate of drug-likeness (QED) is 0.835. The maximum Gasteiger partial charge on any atom is 0.123 e. The topological polar surface area (TPSA) is 30.9 Å². The van der Waals surface area contributed by atoms with Crippen LogP contribution in [0.4, 0.5) is 0 Å². The molecule has 2 aliphatic rings. The molecule has 4 nitrogen and oxygen atoms in total. The van der Waals surface area contributed by atoms with Crippen LogP contribution >= 0.6 is 0 Å². The normalized spacial score (nSPS) is 24.7. The molecule has 1 aromatic carbocycles. The molecule has 0 aromatic heterocycles. The van der Waals surface area contributed by atoms with Gasteiger partial charge >= 0.3 is 0 Å². The van der Waals surface area contributed by atoms with E-state index in [4.69, 9.17) is 14.2 Å². The molecule has 0 aliphatic carbocycles. The van der Waals surface area contributed by atoms with Crippen molar-refractivity contribution in [1.82, 2.24) is 4.90 Å². The summed E-state index contributed by atoms with van der Waals surface area (Å²) in [4.78, 5) is 2.56. The largest absolute Gasteiger partial charge is 0.496 e. The second-order valence-corrected chi connectivity index (χ2v) is 6.93. The van der Waals surface area contributed by atoms with Crippen LogP contribution in [0.25, 0.3) is 0 Å². The number of rotatable bonds is 5. The molecular weight excluding hydrogens is 290 g/mol. The summed E-state index contributed by atoms with van der Waals surface area (Å²) in [6.45, 7) is 5.88. The summed E-state index contributed by atoms with van der Waals surface area (Å²) < 4.78 is 16.6. The van der Waals surface area contributed by atoms with E-state index in [1.54, 1.807) is 14.2 Å². The van der Waals surface area contributed by atoms with E-state index < -0.39 is 0 Å². The van der Waals surface area contributed by atoms with Crippen LogP contribution in [0.3, 0.4) is 0 Å². The van der Waals surface area contributed by atoms with E-state index >= 15 is 0 Å². The Hall–Kier alpha value is -1.10. The van der Waals surface area contributed by atoms with Crippen LogP contribution in [0.1, 0.15) is 24.8 Å². The zero-order chi connectivity index (χ0) is 16.1. The van der Waals surface area contributed by atoms with Crippen LogP contribution < -0.4 is 4.74 Å². The summed E-state index contributed by atoms with van der Waals surface area (Å²) >= 11 is 0. The molecule has 0 N–H and O–H groups in total. The Morgan fingerprint density at radius 1 is 1.17 bits per heavy atom. The molecular formula is C19H29NO3. The Morgan fingerprint density at radius 3 is 2.70 bits per heavy atom. The first kappa shape index (κ1) is 16.7. The number of likely N-dealkylation sites (tertiary alicyclic amines) is 1. The molecule has 3 rings (SSSR count). The lowest BCUT2D eigenvalue weighted by Crippen LogP contribution is -2.49. The van der Waals surface area contributed by atoms with Gasteiger partial charge in [-0.15, -0.1) is 0 Å². The molecule has 1 aromatic rings. The standard InChI is InChI=1S/C19H29NO3/c1-21-14-17-15-23-12-9-19(17)7-10-20(11-8-19)13-16-5-3-4-6-18(16)22-2/h3-6,17H,7-15H2,1-2H3. The Bertz CT molecular complexity index is 495. The van der Waals surface area contributed by atoms with Crippen molar-refractivity contribution in [3.8, 4) is 5.75 Å². The van der Waals surface area contributed by atoms with Gasteiger partial charge in [0.15, 0.2) is 0 Å². The van der Waals surface area contributed by atoms with E-state index in [0.717, 1.165) is 45.2 Å². The van der Waals surface area contributed by atoms with E-state index in [0.29, 0.717) is 11.3 Å². The lowest BCUT2D eigenvalue weighted by molar-refractivity contribution is -0.0951. The maximum atomic E-state index is 5.70. The number of hydrogen-bond donors (Lipinski definition) is 0. The number of hydrogen-bond acceptors (Lipinski definition) is 4. The third kappa shape index (κ3) is 3.70. The van der Waals surface area contributed by atoms with Crippen LogP contribution in [0.2, 0.25) is 0 Å². The highest BCUT2D eigenvalue weighted by molar-refractivity contribution is 5.33. The van der Waals surface area contributed by atoms with Crippen molar-refractivity contribution in [3.63, 3.8) is 0 Å². The lowest BCUT2D eigenvalue weighted by Gasteiger charge is -2.49. The van der Waals surface area contributed by atoms with Crippen molar-refractivity contribution in [2.45, 2.75) is 25.8 Å². The summed E-state index contributed by atoms with van der Waals surface area (Å²) in [5.74, 6) is 1.55. The van der Waals surface area contributed by atoms with Gasteiger partial charge in [-0.2, -0.15) is 0 Å². The second-order valence-electron chi connectivity index (χ2n) is 6.93. The molecule has 128 valence electrons. The van der Waals surface area contributed by atoms with Crippen LogP contribution in [0.15, 0.2) is 24.3 Å². The molecule has 4 heteroatoms. The fourth-order valence-corrected chi connectivity index (χ4v) is 4.20. The molecule has 1 atom stereocenters. The predicted octanol–water partition coefficient (Wildman–Crippen LogP) is 2.96. The molecule has 0 saturated carbocycles. The number of nitrogens with zero attached hydrogens (tertiary/aromatic N) is 1. The molecule has 0 radical (unpaired) electrons. The Kier molecular flexibility index (Phi) is 5.57. The first-order valence-electron chi connectivity index (χ1n) is 8.68. The molecule has 1 spiro atoms. The molecule has 1 unspecified atom stereocenters. The van der Waals surface area contributed by atoms with E-state index in [1.807, 2.05) is 12.1 Å². The maximum absolute atomic E-state index is 5.70. The van der Waals surface area contributed by atoms with Crippen molar-refractivity contribution in [1.29, 1.82) is 0 Å². The lowest BCUT2D eigenvalue weighted by atomic mass is 9.66. The highest BCUT2D eigenvalue weighted by Crippen LogP contribution is 2.45. The number of benzene rings is 1. The summed E-state index contributed by atoms with van der Waals surface area (Å²) in [5.41, 5.74) is 1.71. The highest BCUT2D eigenvalue weighted by atomic mass is 16.5. The third-order valence-electron chi connectivity index (χ3n) is 5.74. The summed E-state index contributed by atoms with van der Waals surface area (Å²) in [6.07, 6.45) is 3.68. The second kappa shape index (κ2) is 7.65. The molecule has 2 saturated heterocycles. The third-order valence-corrected chi connectivity index (χ3v) is 5.74. The summed E-state index contributed by atoms with van der Waals surface area (Å²) in [6, 6.07) is 8.35. The first-order valence-corrected chi connectivity index (χ1v) is 8.68. The minimum atomic E-state index is 0.422. The van der Waals surface area contributed by atoms with Gasteiger partial charge < -0.3 is 14.2 Å². The van der Waals surface area contributed by atoms with E-state index in [9.17, 15) is 0 Å². The van der Waals surface area contributed by atoms with Gasteiger partial charge in [0, 0.05) is 31.7 Å². The van der Waals surface area contributed by atoms with Crippen LogP contribution in [0, 0.1) is 11.3 Å². The Morgan fingerprint density at radius 2 is 1.96 bits per heavy atom. The minimum absolute atomic E-state index is 0.422. The number of piperidine rings is 1. The van der Waals surface area contributed by atoms with E-state index in [-0.39, 0.29) is 0 Å². The van der Waals surface area contributed by atoms with Gasteiger partial charge in [0.1, 0.15) is 5.75 Å². The first-order chi connectivity index (χ1) is 11.3. The van der Waals surface area contributed by atoms with Gasteiger partial charge in [0.2, 0.25) is 0 Å². The van der Waals surface area contributed by atoms with Crippen molar-refractivity contribution in [2.24, 2.45) is 11.3 Å². The van der Waals surface area contributed by atoms with Gasteiger partial charge in [0.05, 0.1) is 20.3 Å². The average molecular weight is 319 g/mol. The summed E-state index contributed by atoms with van der Waals surface area (Å²) in [7, 11) is 3.56. The van der Waals surface area contributed by atoms with E-state index in [1.165, 1.54) is 24.8 Å². The number of methoxy groups -OCH3 is 2. The van der Waals surface area contributed by atoms with Crippen molar-refractivity contribution >= 4 is 0 Å². The zero-order valence-electron chi connectivity index (χ0n) is 14.4. The molecule has 2 fully saturated rings. The Balaban J connectivity index is 1.61. The fourth-order valence-electron chi connectivity index (χ4n) is 4.20. The van der Waals surface area contributed by atoms with Gasteiger partial charge in [-0.1, -0.05) is 18.2 Å². The van der Waals surface area contributed by atoms with Crippen molar-refractivity contribution in [2.75, 3.05) is 47.1 Å². The van der Waals surface area contributed by atoms with E-state index in [2.05, 4.69) is 17.0 Å². The number of para-hydroxylation sites is 1. The highest BCUT2D eigenvalue weighted by Gasteiger charge is 2.43. The minimum Gasteiger partial charge on any atom is -0.496 e. The van der Waals surface area contributed by atoms with Gasteiger partial charge in [-0.05, 0) is 43.8 Å². The smallest absolute Gasteiger partial charge is 0.123 e. The van der Waals surface area contributed by atoms with Crippen molar-refractivity contribution in [3.05, 3.63) is 29.8 Å². The predicted molar refractivity (Wildman–Crippen MR) is 90.7 cm³/mol. The molecule has 0 bridgehead atoms. The molecule has 0 amide bonds. The van der Waals surface area contributed by atoms with Crippen LogP contribution in [-0.2, 0) is 16.0 Å². The van der Waals surface area contributed by atoms with Gasteiger partial charge in [0.25, 0.3) is 0 Å². The number of ether oxygens (including phenoxy) is 3.